The highest BCUT2D eigenvalue weighted by Crippen LogP contribution is 2.30. The van der Waals surface area contributed by atoms with Crippen LogP contribution >= 0.6 is 0 Å². The number of aryl methyl sites for hydroxylation is 1. The van der Waals surface area contributed by atoms with Gasteiger partial charge >= 0.3 is 0 Å². The molecule has 152 valence electrons. The number of hydrogen-bond acceptors (Lipinski definition) is 3. The zero-order chi connectivity index (χ0) is 20.1. The molecule has 3 aromatic carbocycles. The highest BCUT2D eigenvalue weighted by molar-refractivity contribution is 5.87. The van der Waals surface area contributed by atoms with Gasteiger partial charge in [0.25, 0.3) is 0 Å². The molecule has 0 spiro atoms. The number of halogens is 1. The molecular weight excluding hydrogens is 363 g/mol. The first kappa shape index (κ1) is 19.9. The van der Waals surface area contributed by atoms with Gasteiger partial charge in [0.2, 0.25) is 0 Å². The summed E-state index contributed by atoms with van der Waals surface area (Å²) in [5, 5.41) is 2.51. The molecule has 0 radical (unpaired) electrons. The van der Waals surface area contributed by atoms with Crippen LogP contribution < -0.4 is 4.74 Å². The number of benzene rings is 3. The maximum absolute atomic E-state index is 13.2. The first-order valence-corrected chi connectivity index (χ1v) is 10.5. The summed E-state index contributed by atoms with van der Waals surface area (Å²) >= 11 is 0. The third kappa shape index (κ3) is 5.14. The van der Waals surface area contributed by atoms with Crippen LogP contribution in [0.3, 0.4) is 0 Å². The first-order chi connectivity index (χ1) is 14.2. The van der Waals surface area contributed by atoms with E-state index in [1.807, 2.05) is 0 Å². The minimum Gasteiger partial charge on any atom is -0.489 e. The van der Waals surface area contributed by atoms with Crippen LogP contribution in [0.25, 0.3) is 10.8 Å². The Morgan fingerprint density at radius 1 is 0.897 bits per heavy atom. The summed E-state index contributed by atoms with van der Waals surface area (Å²) in [6.45, 7) is 6.18. The van der Waals surface area contributed by atoms with Crippen LogP contribution in [0.15, 0.2) is 60.7 Å². The van der Waals surface area contributed by atoms with Crippen molar-refractivity contribution in [3.8, 4) is 5.75 Å². The summed E-state index contributed by atoms with van der Waals surface area (Å²) in [5.41, 5.74) is 2.25. The Labute approximate surface area is 172 Å². The van der Waals surface area contributed by atoms with E-state index in [4.69, 9.17) is 4.74 Å². The lowest BCUT2D eigenvalue weighted by molar-refractivity contribution is 0.153. The molecule has 1 fully saturated rings. The van der Waals surface area contributed by atoms with Crippen molar-refractivity contribution in [2.24, 2.45) is 0 Å². The Bertz CT molecular complexity index is 933. The summed E-state index contributed by atoms with van der Waals surface area (Å²) < 4.78 is 19.3. The molecule has 4 heteroatoms. The second-order valence-corrected chi connectivity index (χ2v) is 7.93. The fraction of sp³-hybridized carbons (Fsp3) is 0.360. The molecule has 1 aliphatic rings. The van der Waals surface area contributed by atoms with Crippen LogP contribution in [0.4, 0.5) is 4.39 Å². The summed E-state index contributed by atoms with van der Waals surface area (Å²) in [6, 6.07) is 19.2. The zero-order valence-electron chi connectivity index (χ0n) is 17.1. The van der Waals surface area contributed by atoms with Crippen LogP contribution in [0, 0.1) is 5.82 Å². The summed E-state index contributed by atoms with van der Waals surface area (Å²) in [6.07, 6.45) is 2.11. The molecular formula is C25H29FN2O. The fourth-order valence-corrected chi connectivity index (χ4v) is 4.00. The Morgan fingerprint density at radius 3 is 2.45 bits per heavy atom. The Kier molecular flexibility index (Phi) is 6.43. The predicted molar refractivity (Wildman–Crippen MR) is 117 cm³/mol. The molecule has 1 aliphatic heterocycles. The van der Waals surface area contributed by atoms with E-state index in [1.165, 1.54) is 28.5 Å². The second kappa shape index (κ2) is 9.38. The van der Waals surface area contributed by atoms with E-state index in [9.17, 15) is 4.39 Å². The van der Waals surface area contributed by atoms with Gasteiger partial charge in [-0.05, 0) is 61.0 Å². The van der Waals surface area contributed by atoms with Gasteiger partial charge < -0.3 is 14.5 Å². The Morgan fingerprint density at radius 2 is 1.66 bits per heavy atom. The third-order valence-electron chi connectivity index (χ3n) is 5.80. The highest BCUT2D eigenvalue weighted by atomic mass is 19.1. The van der Waals surface area contributed by atoms with Crippen molar-refractivity contribution in [3.63, 3.8) is 0 Å². The van der Waals surface area contributed by atoms with Gasteiger partial charge in [-0.2, -0.15) is 0 Å². The van der Waals surface area contributed by atoms with Crippen molar-refractivity contribution in [3.05, 3.63) is 77.6 Å². The topological polar surface area (TPSA) is 15.7 Å². The molecule has 0 aromatic heterocycles. The number of piperazine rings is 1. The van der Waals surface area contributed by atoms with E-state index < -0.39 is 0 Å². The predicted octanol–water partition coefficient (Wildman–Crippen LogP) is 4.74. The fourth-order valence-electron chi connectivity index (χ4n) is 4.00. The highest BCUT2D eigenvalue weighted by Gasteiger charge is 2.14. The molecule has 3 aromatic rings. The molecule has 4 rings (SSSR count). The van der Waals surface area contributed by atoms with Crippen LogP contribution in [0.1, 0.15) is 17.5 Å². The number of ether oxygens (including phenoxy) is 1. The molecule has 0 amide bonds. The maximum atomic E-state index is 13.2. The SMILES string of the molecule is CN1CCN(CCCc2c(OCc3ccc(F)cc3)ccc3ccccc23)CC1. The molecule has 0 bridgehead atoms. The zero-order valence-corrected chi connectivity index (χ0v) is 17.1. The first-order valence-electron chi connectivity index (χ1n) is 10.5. The Hall–Kier alpha value is -2.43. The minimum absolute atomic E-state index is 0.218. The van der Waals surface area contributed by atoms with Crippen molar-refractivity contribution in [1.29, 1.82) is 0 Å². The monoisotopic (exact) mass is 392 g/mol. The van der Waals surface area contributed by atoms with E-state index >= 15 is 0 Å². The summed E-state index contributed by atoms with van der Waals surface area (Å²) in [4.78, 5) is 4.95. The lowest BCUT2D eigenvalue weighted by atomic mass is 9.99. The number of rotatable bonds is 7. The average Bonchev–Trinajstić information content (AvgIpc) is 2.75. The Balaban J connectivity index is 1.47. The number of likely N-dealkylation sites (N-methyl/N-ethyl adjacent to an activating group) is 1. The van der Waals surface area contributed by atoms with Crippen LogP contribution in [-0.4, -0.2) is 49.6 Å². The quantitative estimate of drug-likeness (QED) is 0.578. The number of nitrogens with zero attached hydrogens (tertiary/aromatic N) is 2. The van der Waals surface area contributed by atoms with Gasteiger partial charge in [0.05, 0.1) is 0 Å². The average molecular weight is 393 g/mol. The normalized spacial score (nSPS) is 15.7. The molecule has 3 nitrogen and oxygen atoms in total. The molecule has 1 saturated heterocycles. The van der Waals surface area contributed by atoms with Gasteiger partial charge in [-0.25, -0.2) is 4.39 Å². The minimum atomic E-state index is -0.218. The largest absolute Gasteiger partial charge is 0.489 e. The van der Waals surface area contributed by atoms with E-state index in [2.05, 4.69) is 53.2 Å². The molecule has 0 N–H and O–H groups in total. The van der Waals surface area contributed by atoms with Crippen molar-refractivity contribution >= 4 is 10.8 Å². The number of hydrogen-bond donors (Lipinski definition) is 0. The van der Waals surface area contributed by atoms with Gasteiger partial charge in [-0.1, -0.05) is 42.5 Å². The van der Waals surface area contributed by atoms with Crippen molar-refractivity contribution < 1.29 is 9.13 Å². The molecule has 1 heterocycles. The number of fused-ring (bicyclic) bond motifs is 1. The van der Waals surface area contributed by atoms with E-state index in [0.717, 1.165) is 56.9 Å². The van der Waals surface area contributed by atoms with E-state index in [0.29, 0.717) is 6.61 Å². The summed E-state index contributed by atoms with van der Waals surface area (Å²) in [7, 11) is 2.19. The van der Waals surface area contributed by atoms with E-state index in [1.54, 1.807) is 12.1 Å². The lowest BCUT2D eigenvalue weighted by Gasteiger charge is -2.32. The molecule has 0 aliphatic carbocycles. The standard InChI is InChI=1S/C25H29FN2O/c1-27-15-17-28(18-16-27)14-4-7-24-23-6-3-2-5-21(23)10-13-25(24)29-19-20-8-11-22(26)12-9-20/h2-3,5-6,8-13H,4,7,14-19H2,1H3. The second-order valence-electron chi connectivity index (χ2n) is 7.93. The van der Waals surface area contributed by atoms with Crippen LogP contribution in [0.2, 0.25) is 0 Å². The van der Waals surface area contributed by atoms with Gasteiger partial charge in [0.1, 0.15) is 18.2 Å². The molecule has 0 saturated carbocycles. The molecule has 29 heavy (non-hydrogen) atoms. The summed E-state index contributed by atoms with van der Waals surface area (Å²) in [5.74, 6) is 0.718. The smallest absolute Gasteiger partial charge is 0.123 e. The van der Waals surface area contributed by atoms with Crippen molar-refractivity contribution in [2.45, 2.75) is 19.4 Å². The molecule has 0 atom stereocenters. The molecule has 0 unspecified atom stereocenters. The van der Waals surface area contributed by atoms with Crippen LogP contribution in [0.5, 0.6) is 5.75 Å². The van der Waals surface area contributed by atoms with Gasteiger partial charge in [0.15, 0.2) is 0 Å². The third-order valence-corrected chi connectivity index (χ3v) is 5.80. The van der Waals surface area contributed by atoms with E-state index in [-0.39, 0.29) is 5.82 Å². The van der Waals surface area contributed by atoms with Crippen molar-refractivity contribution in [1.82, 2.24) is 9.80 Å². The maximum Gasteiger partial charge on any atom is 0.123 e. The van der Waals surface area contributed by atoms with Gasteiger partial charge in [-0.3, -0.25) is 0 Å². The van der Waals surface area contributed by atoms with Crippen LogP contribution in [-0.2, 0) is 13.0 Å². The van der Waals surface area contributed by atoms with Gasteiger partial charge in [-0.15, -0.1) is 0 Å². The van der Waals surface area contributed by atoms with Gasteiger partial charge in [0, 0.05) is 31.7 Å². The van der Waals surface area contributed by atoms with Crippen molar-refractivity contribution in [2.75, 3.05) is 39.8 Å². The lowest BCUT2D eigenvalue weighted by Crippen LogP contribution is -2.44.